The lowest BCUT2D eigenvalue weighted by molar-refractivity contribution is -0.118. The van der Waals surface area contributed by atoms with E-state index in [0.29, 0.717) is 18.0 Å². The van der Waals surface area contributed by atoms with Gasteiger partial charge in [0.15, 0.2) is 0 Å². The highest BCUT2D eigenvalue weighted by atomic mass is 35.5. The SMILES string of the molecule is CCOc1ccc(NC(=O)C2CC(F)(F)CN2)c(C)c1.Cl. The molecule has 7 heteroatoms. The Labute approximate surface area is 128 Å². The Kier molecular flexibility index (Phi) is 5.92. The van der Waals surface area contributed by atoms with Crippen LogP contribution in [0.2, 0.25) is 0 Å². The number of halogens is 3. The molecule has 1 heterocycles. The summed E-state index contributed by atoms with van der Waals surface area (Å²) in [6.07, 6.45) is -0.463. The van der Waals surface area contributed by atoms with Gasteiger partial charge >= 0.3 is 0 Å². The Balaban J connectivity index is 0.00000220. The Hall–Kier alpha value is -1.40. The third-order valence-electron chi connectivity index (χ3n) is 3.19. The van der Waals surface area contributed by atoms with Crippen molar-refractivity contribution < 1.29 is 18.3 Å². The zero-order chi connectivity index (χ0) is 14.8. The van der Waals surface area contributed by atoms with Crippen LogP contribution in [-0.4, -0.2) is 31.0 Å². The van der Waals surface area contributed by atoms with E-state index >= 15 is 0 Å². The van der Waals surface area contributed by atoms with Crippen molar-refractivity contribution in [2.24, 2.45) is 0 Å². The predicted molar refractivity (Wildman–Crippen MR) is 79.6 cm³/mol. The summed E-state index contributed by atoms with van der Waals surface area (Å²) in [5.74, 6) is -2.53. The summed E-state index contributed by atoms with van der Waals surface area (Å²) in [5.41, 5.74) is 1.43. The average molecular weight is 321 g/mol. The van der Waals surface area contributed by atoms with Gasteiger partial charge in [-0.3, -0.25) is 10.1 Å². The highest BCUT2D eigenvalue weighted by Gasteiger charge is 2.42. The van der Waals surface area contributed by atoms with E-state index in [9.17, 15) is 13.6 Å². The molecule has 1 aliphatic rings. The van der Waals surface area contributed by atoms with E-state index in [1.54, 1.807) is 18.2 Å². The van der Waals surface area contributed by atoms with Gasteiger partial charge in [-0.25, -0.2) is 8.78 Å². The minimum absolute atomic E-state index is 0. The van der Waals surface area contributed by atoms with E-state index in [4.69, 9.17) is 4.74 Å². The molecule has 0 bridgehead atoms. The monoisotopic (exact) mass is 320 g/mol. The zero-order valence-corrected chi connectivity index (χ0v) is 12.7. The Bertz CT molecular complexity index is 512. The number of hydrogen-bond acceptors (Lipinski definition) is 3. The highest BCUT2D eigenvalue weighted by molar-refractivity contribution is 5.95. The maximum absolute atomic E-state index is 13.1. The summed E-state index contributed by atoms with van der Waals surface area (Å²) in [6.45, 7) is 3.82. The minimum Gasteiger partial charge on any atom is -0.494 e. The smallest absolute Gasteiger partial charge is 0.262 e. The Morgan fingerprint density at radius 1 is 1.52 bits per heavy atom. The molecule has 0 spiro atoms. The fraction of sp³-hybridized carbons (Fsp3) is 0.500. The molecule has 2 rings (SSSR count). The quantitative estimate of drug-likeness (QED) is 0.897. The fourth-order valence-electron chi connectivity index (χ4n) is 2.15. The van der Waals surface area contributed by atoms with E-state index in [2.05, 4.69) is 10.6 Å². The van der Waals surface area contributed by atoms with E-state index in [0.717, 1.165) is 5.56 Å². The summed E-state index contributed by atoms with van der Waals surface area (Å²) in [5, 5.41) is 5.20. The molecular formula is C14H19ClF2N2O2. The number of aryl methyl sites for hydroxylation is 1. The number of nitrogens with one attached hydrogen (secondary N) is 2. The van der Waals surface area contributed by atoms with Crippen molar-refractivity contribution in [1.29, 1.82) is 0 Å². The molecule has 1 fully saturated rings. The van der Waals surface area contributed by atoms with Gasteiger partial charge < -0.3 is 10.1 Å². The van der Waals surface area contributed by atoms with Gasteiger partial charge in [0.1, 0.15) is 5.75 Å². The van der Waals surface area contributed by atoms with E-state index in [-0.39, 0.29) is 12.4 Å². The van der Waals surface area contributed by atoms with Gasteiger partial charge in [0.25, 0.3) is 5.92 Å². The van der Waals surface area contributed by atoms with Crippen molar-refractivity contribution in [3.05, 3.63) is 23.8 Å². The van der Waals surface area contributed by atoms with Crippen LogP contribution >= 0.6 is 12.4 Å². The summed E-state index contributed by atoms with van der Waals surface area (Å²) in [6, 6.07) is 4.40. The number of carbonyl (C=O) groups excluding carboxylic acids is 1. The van der Waals surface area contributed by atoms with Crippen LogP contribution in [0.1, 0.15) is 18.9 Å². The second-order valence-electron chi connectivity index (χ2n) is 4.89. The fourth-order valence-corrected chi connectivity index (χ4v) is 2.15. The van der Waals surface area contributed by atoms with E-state index < -0.39 is 30.8 Å². The molecule has 0 aliphatic carbocycles. The number of hydrogen-bond donors (Lipinski definition) is 2. The maximum Gasteiger partial charge on any atom is 0.262 e. The predicted octanol–water partition coefficient (Wildman–Crippen LogP) is 2.75. The van der Waals surface area contributed by atoms with Crippen molar-refractivity contribution in [1.82, 2.24) is 5.32 Å². The highest BCUT2D eigenvalue weighted by Crippen LogP contribution is 2.27. The van der Waals surface area contributed by atoms with Crippen LogP contribution in [0.5, 0.6) is 5.75 Å². The Morgan fingerprint density at radius 3 is 2.76 bits per heavy atom. The molecule has 0 saturated carbocycles. The van der Waals surface area contributed by atoms with Gasteiger partial charge in [0, 0.05) is 12.1 Å². The first kappa shape index (κ1) is 17.7. The molecule has 1 aromatic carbocycles. The molecule has 0 aromatic heterocycles. The molecule has 0 radical (unpaired) electrons. The standard InChI is InChI=1S/C14H18F2N2O2.ClH/c1-3-20-10-4-5-11(9(2)6-10)18-13(19)12-7-14(15,16)8-17-12;/h4-6,12,17H,3,7-8H2,1-2H3,(H,18,19);1H. The van der Waals surface area contributed by atoms with Gasteiger partial charge in [0.2, 0.25) is 5.91 Å². The number of ether oxygens (including phenoxy) is 1. The molecule has 1 aliphatic heterocycles. The summed E-state index contributed by atoms with van der Waals surface area (Å²) < 4.78 is 31.5. The van der Waals surface area contributed by atoms with Gasteiger partial charge in [-0.2, -0.15) is 0 Å². The second-order valence-corrected chi connectivity index (χ2v) is 4.89. The first-order chi connectivity index (χ1) is 9.41. The van der Waals surface area contributed by atoms with Crippen molar-refractivity contribution >= 4 is 24.0 Å². The van der Waals surface area contributed by atoms with Crippen molar-refractivity contribution in [3.8, 4) is 5.75 Å². The van der Waals surface area contributed by atoms with Crippen LogP contribution in [0.15, 0.2) is 18.2 Å². The number of alkyl halides is 2. The molecule has 1 aromatic rings. The minimum atomic E-state index is -2.81. The van der Waals surface area contributed by atoms with Gasteiger partial charge in [-0.15, -0.1) is 12.4 Å². The van der Waals surface area contributed by atoms with E-state index in [1.165, 1.54) is 0 Å². The average Bonchev–Trinajstić information content (AvgIpc) is 2.73. The third kappa shape index (κ3) is 4.54. The van der Waals surface area contributed by atoms with Crippen LogP contribution in [-0.2, 0) is 4.79 Å². The summed E-state index contributed by atoms with van der Waals surface area (Å²) >= 11 is 0. The number of anilines is 1. The van der Waals surface area contributed by atoms with Gasteiger partial charge in [-0.05, 0) is 37.6 Å². The number of rotatable bonds is 4. The first-order valence-electron chi connectivity index (χ1n) is 6.57. The number of amides is 1. The molecule has 1 amide bonds. The van der Waals surface area contributed by atoms with Crippen LogP contribution in [0.25, 0.3) is 0 Å². The van der Waals surface area contributed by atoms with Crippen LogP contribution in [0, 0.1) is 6.92 Å². The summed E-state index contributed by atoms with van der Waals surface area (Å²) in [7, 11) is 0. The lowest BCUT2D eigenvalue weighted by atomic mass is 10.1. The molecule has 1 unspecified atom stereocenters. The molecule has 118 valence electrons. The molecule has 21 heavy (non-hydrogen) atoms. The maximum atomic E-state index is 13.1. The van der Waals surface area contributed by atoms with Gasteiger partial charge in [0.05, 0.1) is 19.2 Å². The molecule has 1 saturated heterocycles. The molecular weight excluding hydrogens is 302 g/mol. The normalized spacial score (nSPS) is 19.7. The number of carbonyl (C=O) groups is 1. The Morgan fingerprint density at radius 2 is 2.24 bits per heavy atom. The molecule has 2 N–H and O–H groups in total. The molecule has 1 atom stereocenters. The van der Waals surface area contributed by atoms with Crippen molar-refractivity contribution in [2.75, 3.05) is 18.5 Å². The lowest BCUT2D eigenvalue weighted by Gasteiger charge is -2.14. The summed E-state index contributed by atoms with van der Waals surface area (Å²) in [4.78, 5) is 11.9. The number of benzene rings is 1. The molecule has 4 nitrogen and oxygen atoms in total. The largest absolute Gasteiger partial charge is 0.494 e. The topological polar surface area (TPSA) is 50.4 Å². The van der Waals surface area contributed by atoms with Crippen molar-refractivity contribution in [3.63, 3.8) is 0 Å². The lowest BCUT2D eigenvalue weighted by Crippen LogP contribution is -2.35. The third-order valence-corrected chi connectivity index (χ3v) is 3.19. The van der Waals surface area contributed by atoms with Crippen LogP contribution in [0.4, 0.5) is 14.5 Å². The first-order valence-corrected chi connectivity index (χ1v) is 6.57. The van der Waals surface area contributed by atoms with E-state index in [1.807, 2.05) is 13.8 Å². The second kappa shape index (κ2) is 7.04. The van der Waals surface area contributed by atoms with Crippen LogP contribution in [0.3, 0.4) is 0 Å². The zero-order valence-electron chi connectivity index (χ0n) is 11.9. The van der Waals surface area contributed by atoms with Crippen LogP contribution < -0.4 is 15.4 Å². The van der Waals surface area contributed by atoms with Crippen molar-refractivity contribution in [2.45, 2.75) is 32.2 Å². The van der Waals surface area contributed by atoms with Gasteiger partial charge in [-0.1, -0.05) is 0 Å².